The van der Waals surface area contributed by atoms with Gasteiger partial charge in [-0.2, -0.15) is 0 Å². The van der Waals surface area contributed by atoms with Crippen molar-refractivity contribution >= 4 is 17.5 Å². The fraction of sp³-hybridized carbons (Fsp3) is 0.545. The molecule has 0 aliphatic rings. The van der Waals surface area contributed by atoms with Crippen LogP contribution in [0.3, 0.4) is 0 Å². The lowest BCUT2D eigenvalue weighted by atomic mass is 10.0. The summed E-state index contributed by atoms with van der Waals surface area (Å²) < 4.78 is 5.74. The first kappa shape index (κ1) is 14.8. The number of carbonyl (C=O) groups is 1. The zero-order valence-corrected chi connectivity index (χ0v) is 11.3. The van der Waals surface area contributed by atoms with E-state index in [2.05, 4.69) is 15.0 Å². The molecule has 19 heavy (non-hydrogen) atoms. The van der Waals surface area contributed by atoms with Crippen molar-refractivity contribution in [3.05, 3.63) is 20.8 Å². The van der Waals surface area contributed by atoms with Gasteiger partial charge in [0, 0.05) is 7.05 Å². The predicted molar refractivity (Wildman–Crippen MR) is 71.0 cm³/mol. The highest BCUT2D eigenvalue weighted by Crippen LogP contribution is 2.14. The summed E-state index contributed by atoms with van der Waals surface area (Å²) >= 11 is 0. The lowest BCUT2D eigenvalue weighted by Crippen LogP contribution is -2.40. The summed E-state index contributed by atoms with van der Waals surface area (Å²) in [5, 5.41) is 2.73. The Labute approximate surface area is 109 Å². The van der Waals surface area contributed by atoms with Crippen LogP contribution < -0.4 is 22.3 Å². The highest BCUT2D eigenvalue weighted by molar-refractivity contribution is 5.80. The van der Waals surface area contributed by atoms with Gasteiger partial charge in [0.1, 0.15) is 17.5 Å². The van der Waals surface area contributed by atoms with Crippen LogP contribution in [0.5, 0.6) is 0 Å². The third kappa shape index (κ3) is 2.95. The van der Waals surface area contributed by atoms with E-state index in [4.69, 9.17) is 5.73 Å². The molecule has 1 heterocycles. The first-order valence-corrected chi connectivity index (χ1v) is 5.72. The van der Waals surface area contributed by atoms with Crippen LogP contribution in [0.2, 0.25) is 0 Å². The highest BCUT2D eigenvalue weighted by Gasteiger charge is 2.25. The number of nitrogens with two attached hydrogens (primary N) is 1. The Kier molecular flexibility index (Phi) is 4.36. The number of ether oxygens (including phenoxy) is 1. The standard InChI is InChI=1S/C11H18N4O4/c1-5(2)6(10(17)19-4)13-7-8(12)15(3)11(18)14-9(7)16/h5-6,13H,12H2,1-4H3,(H,14,16,18). The van der Waals surface area contributed by atoms with E-state index in [0.717, 1.165) is 4.57 Å². The Morgan fingerprint density at radius 1 is 1.42 bits per heavy atom. The summed E-state index contributed by atoms with van der Waals surface area (Å²) in [5.74, 6) is -0.672. The SMILES string of the molecule is COC(=O)C(Nc1c(N)n(C)c(=O)[nH]c1=O)C(C)C. The fourth-order valence-corrected chi connectivity index (χ4v) is 1.56. The van der Waals surface area contributed by atoms with Gasteiger partial charge in [-0.3, -0.25) is 14.3 Å². The summed E-state index contributed by atoms with van der Waals surface area (Å²) in [7, 11) is 2.68. The first-order chi connectivity index (χ1) is 8.79. The Bertz CT molecular complexity index is 587. The number of H-pyrrole nitrogens is 1. The minimum atomic E-state index is -0.731. The Morgan fingerprint density at radius 2 is 2.00 bits per heavy atom. The minimum Gasteiger partial charge on any atom is -0.467 e. The van der Waals surface area contributed by atoms with Crippen molar-refractivity contribution in [2.24, 2.45) is 13.0 Å². The topological polar surface area (TPSA) is 119 Å². The van der Waals surface area contributed by atoms with E-state index >= 15 is 0 Å². The molecule has 1 aromatic rings. The zero-order chi connectivity index (χ0) is 14.7. The molecule has 0 amide bonds. The molecule has 1 atom stereocenters. The highest BCUT2D eigenvalue weighted by atomic mass is 16.5. The molecule has 0 radical (unpaired) electrons. The van der Waals surface area contributed by atoms with E-state index in [9.17, 15) is 14.4 Å². The third-order valence-electron chi connectivity index (χ3n) is 2.79. The molecule has 1 aromatic heterocycles. The van der Waals surface area contributed by atoms with Gasteiger partial charge in [-0.05, 0) is 5.92 Å². The molecule has 0 spiro atoms. The zero-order valence-electron chi connectivity index (χ0n) is 11.3. The number of hydrogen-bond acceptors (Lipinski definition) is 6. The number of esters is 1. The molecule has 106 valence electrons. The molecule has 0 fully saturated rings. The molecule has 0 saturated heterocycles. The van der Waals surface area contributed by atoms with E-state index in [-0.39, 0.29) is 17.4 Å². The van der Waals surface area contributed by atoms with Gasteiger partial charge >= 0.3 is 11.7 Å². The van der Waals surface area contributed by atoms with E-state index in [1.54, 1.807) is 13.8 Å². The monoisotopic (exact) mass is 270 g/mol. The molecule has 1 unspecified atom stereocenters. The molecule has 0 aliphatic heterocycles. The van der Waals surface area contributed by atoms with Crippen molar-refractivity contribution in [3.63, 3.8) is 0 Å². The van der Waals surface area contributed by atoms with Gasteiger partial charge in [0.15, 0.2) is 0 Å². The summed E-state index contributed by atoms with van der Waals surface area (Å²) in [6, 6.07) is -0.731. The minimum absolute atomic E-state index is 0.0220. The number of carbonyl (C=O) groups excluding carboxylic acids is 1. The molecule has 0 aromatic carbocycles. The molecule has 0 bridgehead atoms. The molecular weight excluding hydrogens is 252 g/mol. The second-order valence-electron chi connectivity index (χ2n) is 4.47. The number of nitrogens with one attached hydrogen (secondary N) is 2. The van der Waals surface area contributed by atoms with Crippen molar-refractivity contribution in [3.8, 4) is 0 Å². The molecule has 1 rings (SSSR count). The van der Waals surface area contributed by atoms with Crippen LogP contribution in [0, 0.1) is 5.92 Å². The van der Waals surface area contributed by atoms with Crippen LogP contribution in [-0.2, 0) is 16.6 Å². The Morgan fingerprint density at radius 3 is 2.47 bits per heavy atom. The summed E-state index contributed by atoms with van der Waals surface area (Å²) in [4.78, 5) is 36.8. The van der Waals surface area contributed by atoms with Gasteiger partial charge in [-0.25, -0.2) is 9.59 Å². The summed E-state index contributed by atoms with van der Waals surface area (Å²) in [6.45, 7) is 3.59. The average molecular weight is 270 g/mol. The average Bonchev–Trinajstić information content (AvgIpc) is 2.35. The second-order valence-corrected chi connectivity index (χ2v) is 4.47. The third-order valence-corrected chi connectivity index (χ3v) is 2.79. The maximum atomic E-state index is 11.7. The summed E-state index contributed by atoms with van der Waals surface area (Å²) in [5.41, 5.74) is 4.39. The van der Waals surface area contributed by atoms with Crippen molar-refractivity contribution in [2.45, 2.75) is 19.9 Å². The van der Waals surface area contributed by atoms with Crippen LogP contribution in [0.4, 0.5) is 11.5 Å². The lowest BCUT2D eigenvalue weighted by Gasteiger charge is -2.21. The quantitative estimate of drug-likeness (QED) is 0.620. The van der Waals surface area contributed by atoms with Crippen LogP contribution in [0.15, 0.2) is 9.59 Å². The number of nitrogen functional groups attached to an aromatic ring is 1. The normalized spacial score (nSPS) is 12.3. The number of methoxy groups -OCH3 is 1. The van der Waals surface area contributed by atoms with Gasteiger partial charge in [0.2, 0.25) is 0 Å². The van der Waals surface area contributed by atoms with E-state index in [1.165, 1.54) is 14.2 Å². The molecule has 8 heteroatoms. The van der Waals surface area contributed by atoms with Gasteiger partial charge in [0.05, 0.1) is 7.11 Å². The van der Waals surface area contributed by atoms with Crippen LogP contribution in [0.25, 0.3) is 0 Å². The molecular formula is C11H18N4O4. The van der Waals surface area contributed by atoms with E-state index in [1.807, 2.05) is 0 Å². The van der Waals surface area contributed by atoms with Gasteiger partial charge in [-0.15, -0.1) is 0 Å². The Hall–Kier alpha value is -2.25. The van der Waals surface area contributed by atoms with E-state index < -0.39 is 23.3 Å². The molecule has 0 aliphatic carbocycles. The number of hydrogen-bond donors (Lipinski definition) is 3. The van der Waals surface area contributed by atoms with Gasteiger partial charge in [-0.1, -0.05) is 13.8 Å². The van der Waals surface area contributed by atoms with Crippen LogP contribution in [-0.4, -0.2) is 28.7 Å². The number of aromatic amines is 1. The van der Waals surface area contributed by atoms with E-state index in [0.29, 0.717) is 0 Å². The second kappa shape index (κ2) is 5.59. The Balaban J connectivity index is 3.25. The van der Waals surface area contributed by atoms with Crippen LogP contribution in [0.1, 0.15) is 13.8 Å². The number of anilines is 2. The largest absolute Gasteiger partial charge is 0.467 e. The number of aromatic nitrogens is 2. The van der Waals surface area contributed by atoms with Crippen LogP contribution >= 0.6 is 0 Å². The fourth-order valence-electron chi connectivity index (χ4n) is 1.56. The smallest absolute Gasteiger partial charge is 0.329 e. The molecule has 8 nitrogen and oxygen atoms in total. The molecule has 4 N–H and O–H groups in total. The van der Waals surface area contributed by atoms with Crippen molar-refractivity contribution in [1.82, 2.24) is 9.55 Å². The van der Waals surface area contributed by atoms with Crippen molar-refractivity contribution < 1.29 is 9.53 Å². The predicted octanol–water partition coefficient (Wildman–Crippen LogP) is -0.735. The number of nitrogens with zero attached hydrogens (tertiary/aromatic N) is 1. The maximum absolute atomic E-state index is 11.7. The lowest BCUT2D eigenvalue weighted by molar-refractivity contribution is -0.142. The number of rotatable bonds is 4. The summed E-state index contributed by atoms with van der Waals surface area (Å²) in [6.07, 6.45) is 0. The van der Waals surface area contributed by atoms with Gasteiger partial charge in [0.25, 0.3) is 5.56 Å². The van der Waals surface area contributed by atoms with Crippen molar-refractivity contribution in [2.75, 3.05) is 18.2 Å². The van der Waals surface area contributed by atoms with Crippen molar-refractivity contribution in [1.29, 1.82) is 0 Å². The maximum Gasteiger partial charge on any atom is 0.329 e. The van der Waals surface area contributed by atoms with Gasteiger partial charge < -0.3 is 15.8 Å². The first-order valence-electron chi connectivity index (χ1n) is 5.72. The molecule has 0 saturated carbocycles.